The Balaban J connectivity index is 2.19. The van der Waals surface area contributed by atoms with Crippen LogP contribution < -0.4 is 5.32 Å². The number of methoxy groups -OCH3 is 2. The summed E-state index contributed by atoms with van der Waals surface area (Å²) in [6.45, 7) is 0.639. The minimum absolute atomic E-state index is 0.0200. The third-order valence-corrected chi connectivity index (χ3v) is 4.59. The molecule has 0 spiro atoms. The van der Waals surface area contributed by atoms with Crippen molar-refractivity contribution in [2.45, 2.75) is 31.3 Å². The van der Waals surface area contributed by atoms with Gasteiger partial charge >= 0.3 is 0 Å². The summed E-state index contributed by atoms with van der Waals surface area (Å²) in [5.41, 5.74) is 0. The van der Waals surface area contributed by atoms with Crippen LogP contribution in [0.5, 0.6) is 0 Å². The van der Waals surface area contributed by atoms with Crippen LogP contribution in [-0.2, 0) is 19.3 Å². The van der Waals surface area contributed by atoms with Gasteiger partial charge in [0, 0.05) is 20.3 Å². The number of rotatable bonds is 7. The average Bonchev–Trinajstić information content (AvgIpc) is 2.52. The Morgan fingerprint density at radius 1 is 1.35 bits per heavy atom. The van der Waals surface area contributed by atoms with Crippen molar-refractivity contribution in [2.24, 2.45) is 0 Å². The molecular formula is C10H21NO5S. The lowest BCUT2D eigenvalue weighted by molar-refractivity contribution is -0.106. The smallest absolute Gasteiger partial charge is 0.156 e. The van der Waals surface area contributed by atoms with Crippen LogP contribution in [0.25, 0.3) is 0 Å². The summed E-state index contributed by atoms with van der Waals surface area (Å²) in [6, 6.07) is -0.344. The predicted molar refractivity (Wildman–Crippen MR) is 63.5 cm³/mol. The van der Waals surface area contributed by atoms with Gasteiger partial charge in [0.05, 0.1) is 17.6 Å². The fourth-order valence-corrected chi connectivity index (χ4v) is 3.69. The Labute approximate surface area is 102 Å². The second-order valence-corrected chi connectivity index (χ2v) is 6.40. The lowest BCUT2D eigenvalue weighted by atomic mass is 10.2. The van der Waals surface area contributed by atoms with Crippen LogP contribution in [0, 0.1) is 0 Å². The monoisotopic (exact) mass is 267 g/mol. The summed E-state index contributed by atoms with van der Waals surface area (Å²) in [6.07, 6.45) is 0.514. The highest BCUT2D eigenvalue weighted by molar-refractivity contribution is 7.91. The van der Waals surface area contributed by atoms with Crippen molar-refractivity contribution in [3.8, 4) is 0 Å². The van der Waals surface area contributed by atoms with E-state index >= 15 is 0 Å². The first kappa shape index (κ1) is 14.8. The summed E-state index contributed by atoms with van der Waals surface area (Å²) in [7, 11) is 0.0872. The Kier molecular flexibility index (Phi) is 5.81. The standard InChI is InChI=1S/C10H21NO5S/c1-15-10(16-2)4-3-5-11-8-6-17(13,14)7-9(8)12/h8-12H,3-7H2,1-2H3/t8-,9-/m1/s1. The molecule has 0 radical (unpaired) electrons. The lowest BCUT2D eigenvalue weighted by Gasteiger charge is -2.16. The molecule has 0 aliphatic carbocycles. The molecule has 1 heterocycles. The molecule has 0 aromatic carbocycles. The molecule has 0 saturated carbocycles. The predicted octanol–water partition coefficient (Wildman–Crippen LogP) is -0.867. The highest BCUT2D eigenvalue weighted by Crippen LogP contribution is 2.12. The molecule has 1 saturated heterocycles. The number of aliphatic hydroxyl groups excluding tert-OH is 1. The third-order valence-electron chi connectivity index (χ3n) is 2.87. The van der Waals surface area contributed by atoms with Crippen molar-refractivity contribution >= 4 is 9.84 Å². The summed E-state index contributed by atoms with van der Waals surface area (Å²) >= 11 is 0. The van der Waals surface area contributed by atoms with E-state index < -0.39 is 15.9 Å². The number of ether oxygens (including phenoxy) is 2. The van der Waals surface area contributed by atoms with E-state index in [1.807, 2.05) is 0 Å². The van der Waals surface area contributed by atoms with E-state index in [2.05, 4.69) is 5.32 Å². The molecule has 0 bridgehead atoms. The summed E-state index contributed by atoms with van der Waals surface area (Å²) in [5, 5.41) is 12.6. The molecule has 1 rings (SSSR count). The fraction of sp³-hybridized carbons (Fsp3) is 1.00. The van der Waals surface area contributed by atoms with Crippen molar-refractivity contribution in [1.29, 1.82) is 0 Å². The maximum absolute atomic E-state index is 11.2. The molecule has 2 atom stereocenters. The van der Waals surface area contributed by atoms with Gasteiger partial charge in [0.2, 0.25) is 0 Å². The lowest BCUT2D eigenvalue weighted by Crippen LogP contribution is -2.39. The molecule has 1 aliphatic heterocycles. The van der Waals surface area contributed by atoms with E-state index in [0.29, 0.717) is 6.54 Å². The molecule has 2 N–H and O–H groups in total. The zero-order chi connectivity index (χ0) is 12.9. The minimum atomic E-state index is -3.07. The molecule has 0 amide bonds. The molecule has 102 valence electrons. The van der Waals surface area contributed by atoms with Crippen LogP contribution >= 0.6 is 0 Å². The van der Waals surface area contributed by atoms with Crippen molar-refractivity contribution in [2.75, 3.05) is 32.3 Å². The number of hydrogen-bond acceptors (Lipinski definition) is 6. The molecule has 0 unspecified atom stereocenters. The largest absolute Gasteiger partial charge is 0.390 e. The molecule has 1 fully saturated rings. The highest BCUT2D eigenvalue weighted by atomic mass is 32.2. The third kappa shape index (κ3) is 4.89. The van der Waals surface area contributed by atoms with Crippen LogP contribution in [-0.4, -0.2) is 64.2 Å². The van der Waals surface area contributed by atoms with E-state index in [1.54, 1.807) is 14.2 Å². The molecule has 0 aromatic heterocycles. The minimum Gasteiger partial charge on any atom is -0.390 e. The van der Waals surface area contributed by atoms with Gasteiger partial charge in [-0.05, 0) is 19.4 Å². The van der Waals surface area contributed by atoms with Gasteiger partial charge in [-0.2, -0.15) is 0 Å². The molecule has 1 aliphatic rings. The fourth-order valence-electron chi connectivity index (χ4n) is 1.91. The number of nitrogens with one attached hydrogen (secondary N) is 1. The van der Waals surface area contributed by atoms with Crippen molar-refractivity contribution < 1.29 is 23.0 Å². The zero-order valence-electron chi connectivity index (χ0n) is 10.3. The van der Waals surface area contributed by atoms with Gasteiger partial charge in [0.25, 0.3) is 0 Å². The maximum Gasteiger partial charge on any atom is 0.156 e. The number of aliphatic hydroxyl groups is 1. The quantitative estimate of drug-likeness (QED) is 0.461. The van der Waals surface area contributed by atoms with Gasteiger partial charge in [-0.3, -0.25) is 0 Å². The van der Waals surface area contributed by atoms with Gasteiger partial charge in [-0.1, -0.05) is 0 Å². The molecule has 17 heavy (non-hydrogen) atoms. The Morgan fingerprint density at radius 3 is 2.47 bits per heavy atom. The first-order valence-electron chi connectivity index (χ1n) is 5.66. The van der Waals surface area contributed by atoms with Crippen LogP contribution in [0.2, 0.25) is 0 Å². The summed E-state index contributed by atoms with van der Waals surface area (Å²) in [4.78, 5) is 0. The Morgan fingerprint density at radius 2 is 2.00 bits per heavy atom. The number of hydrogen-bond donors (Lipinski definition) is 2. The average molecular weight is 267 g/mol. The summed E-state index contributed by atoms with van der Waals surface area (Å²) in [5.74, 6) is -0.115. The SMILES string of the molecule is COC(CCCN[C@@H]1CS(=O)(=O)C[C@H]1O)OC. The second kappa shape index (κ2) is 6.65. The molecule has 0 aromatic rings. The molecule has 7 heteroatoms. The van der Waals surface area contributed by atoms with Crippen molar-refractivity contribution in [3.05, 3.63) is 0 Å². The normalized spacial score (nSPS) is 27.8. The van der Waals surface area contributed by atoms with E-state index in [1.165, 1.54) is 0 Å². The van der Waals surface area contributed by atoms with Gasteiger partial charge in [0.15, 0.2) is 16.1 Å². The highest BCUT2D eigenvalue weighted by Gasteiger charge is 2.35. The van der Waals surface area contributed by atoms with E-state index in [9.17, 15) is 13.5 Å². The Bertz CT molecular complexity index is 315. The van der Waals surface area contributed by atoms with Gasteiger partial charge < -0.3 is 19.9 Å². The van der Waals surface area contributed by atoms with Crippen LogP contribution in [0.15, 0.2) is 0 Å². The van der Waals surface area contributed by atoms with Crippen molar-refractivity contribution in [1.82, 2.24) is 5.32 Å². The first-order valence-corrected chi connectivity index (χ1v) is 7.48. The van der Waals surface area contributed by atoms with E-state index in [4.69, 9.17) is 9.47 Å². The van der Waals surface area contributed by atoms with Crippen LogP contribution in [0.1, 0.15) is 12.8 Å². The van der Waals surface area contributed by atoms with E-state index in [-0.39, 0.29) is 23.8 Å². The number of sulfone groups is 1. The topological polar surface area (TPSA) is 84.9 Å². The Hall–Kier alpha value is -0.210. The van der Waals surface area contributed by atoms with Gasteiger partial charge in [-0.25, -0.2) is 8.42 Å². The van der Waals surface area contributed by atoms with Gasteiger partial charge in [-0.15, -0.1) is 0 Å². The van der Waals surface area contributed by atoms with E-state index in [0.717, 1.165) is 12.8 Å². The van der Waals surface area contributed by atoms with Gasteiger partial charge in [0.1, 0.15) is 0 Å². The zero-order valence-corrected chi connectivity index (χ0v) is 11.1. The maximum atomic E-state index is 11.2. The van der Waals surface area contributed by atoms with Crippen molar-refractivity contribution in [3.63, 3.8) is 0 Å². The first-order chi connectivity index (χ1) is 7.98. The summed E-state index contributed by atoms with van der Waals surface area (Å²) < 4.78 is 32.6. The molecular weight excluding hydrogens is 246 g/mol. The second-order valence-electron chi connectivity index (χ2n) is 4.25. The van der Waals surface area contributed by atoms with Crippen LogP contribution in [0.4, 0.5) is 0 Å². The molecule has 6 nitrogen and oxygen atoms in total. The van der Waals surface area contributed by atoms with Crippen LogP contribution in [0.3, 0.4) is 0 Å².